The van der Waals surface area contributed by atoms with E-state index in [1.165, 1.54) is 30.4 Å². The van der Waals surface area contributed by atoms with Crippen LogP contribution >= 0.6 is 0 Å². The van der Waals surface area contributed by atoms with Gasteiger partial charge in [-0.3, -0.25) is 0 Å². The third-order valence-electron chi connectivity index (χ3n) is 3.95. The molecule has 126 valence electrons. The lowest BCUT2D eigenvalue weighted by Crippen LogP contribution is -1.84. The Hall–Kier alpha value is -2.70. The predicted molar refractivity (Wildman–Crippen MR) is 108 cm³/mol. The maximum absolute atomic E-state index is 3.14. The summed E-state index contributed by atoms with van der Waals surface area (Å²) in [6.07, 6.45) is 9.55. The Morgan fingerprint density at radius 3 is 1.56 bits per heavy atom. The molecule has 0 radical (unpaired) electrons. The van der Waals surface area contributed by atoms with Gasteiger partial charge >= 0.3 is 0 Å². The summed E-state index contributed by atoms with van der Waals surface area (Å²) in [7, 11) is 0. The highest BCUT2D eigenvalue weighted by Crippen LogP contribution is 2.07. The van der Waals surface area contributed by atoms with E-state index in [1.54, 1.807) is 0 Å². The van der Waals surface area contributed by atoms with E-state index in [4.69, 9.17) is 0 Å². The number of hydrogen-bond acceptors (Lipinski definition) is 0. The molecule has 0 heterocycles. The second kappa shape index (κ2) is 11.0. The SMILES string of the molecule is CCCCc1ccc(C#CC=CC#Cc2ccc(CCC)cc2)cc1. The van der Waals surface area contributed by atoms with E-state index in [0.29, 0.717) is 0 Å². The van der Waals surface area contributed by atoms with Gasteiger partial charge in [-0.25, -0.2) is 0 Å². The fourth-order valence-corrected chi connectivity index (χ4v) is 2.51. The number of hydrogen-bond donors (Lipinski definition) is 0. The third kappa shape index (κ3) is 7.15. The van der Waals surface area contributed by atoms with Crippen molar-refractivity contribution in [2.75, 3.05) is 0 Å². The molecule has 0 aliphatic heterocycles. The van der Waals surface area contributed by atoms with Crippen molar-refractivity contribution >= 4 is 0 Å². The Balaban J connectivity index is 1.86. The Bertz CT molecular complexity index is 782. The molecule has 2 aromatic rings. The lowest BCUT2D eigenvalue weighted by Gasteiger charge is -1.98. The molecular weight excluding hydrogens is 300 g/mol. The van der Waals surface area contributed by atoms with Crippen LogP contribution < -0.4 is 0 Å². The minimum Gasteiger partial charge on any atom is -0.0689 e. The summed E-state index contributed by atoms with van der Waals surface area (Å²) in [5.74, 6) is 12.4. The molecule has 0 heteroatoms. The molecule has 0 bridgehead atoms. The third-order valence-corrected chi connectivity index (χ3v) is 3.95. The van der Waals surface area contributed by atoms with Crippen LogP contribution in [0.5, 0.6) is 0 Å². The minimum absolute atomic E-state index is 1.04. The Morgan fingerprint density at radius 2 is 1.12 bits per heavy atom. The molecule has 0 aromatic heterocycles. The normalized spacial score (nSPS) is 10.0. The van der Waals surface area contributed by atoms with Gasteiger partial charge < -0.3 is 0 Å². The van der Waals surface area contributed by atoms with Crippen LogP contribution in [0.1, 0.15) is 55.4 Å². The van der Waals surface area contributed by atoms with E-state index in [1.807, 2.05) is 12.2 Å². The van der Waals surface area contributed by atoms with Crippen molar-refractivity contribution in [3.63, 3.8) is 0 Å². The number of unbranched alkanes of at least 4 members (excludes halogenated alkanes) is 1. The lowest BCUT2D eigenvalue weighted by molar-refractivity contribution is 0.795. The minimum atomic E-state index is 1.04. The summed E-state index contributed by atoms with van der Waals surface area (Å²) in [6, 6.07) is 17.0. The molecule has 0 unspecified atom stereocenters. The zero-order valence-corrected chi connectivity index (χ0v) is 15.3. The van der Waals surface area contributed by atoms with Crippen LogP contribution in [0, 0.1) is 23.7 Å². The molecule has 0 saturated carbocycles. The first kappa shape index (κ1) is 18.6. The molecule has 0 amide bonds. The van der Waals surface area contributed by atoms with Gasteiger partial charge in [0, 0.05) is 11.1 Å². The Kier molecular flexibility index (Phi) is 8.17. The maximum Gasteiger partial charge on any atom is 0.0249 e. The highest BCUT2D eigenvalue weighted by atomic mass is 14.0. The smallest absolute Gasteiger partial charge is 0.0249 e. The van der Waals surface area contributed by atoms with Crippen molar-refractivity contribution in [3.8, 4) is 23.7 Å². The predicted octanol–water partition coefficient (Wildman–Crippen LogP) is 5.94. The monoisotopic (exact) mass is 326 g/mol. The van der Waals surface area contributed by atoms with Gasteiger partial charge in [0.25, 0.3) is 0 Å². The van der Waals surface area contributed by atoms with Crippen molar-refractivity contribution in [1.82, 2.24) is 0 Å². The van der Waals surface area contributed by atoms with E-state index >= 15 is 0 Å². The number of benzene rings is 2. The van der Waals surface area contributed by atoms with Crippen LogP contribution in [-0.2, 0) is 12.8 Å². The topological polar surface area (TPSA) is 0 Å². The molecule has 0 aliphatic carbocycles. The highest BCUT2D eigenvalue weighted by Gasteiger charge is 1.92. The van der Waals surface area contributed by atoms with Crippen molar-refractivity contribution in [2.24, 2.45) is 0 Å². The summed E-state index contributed by atoms with van der Waals surface area (Å²) >= 11 is 0. The summed E-state index contributed by atoms with van der Waals surface area (Å²) in [6.45, 7) is 4.41. The Morgan fingerprint density at radius 1 is 0.640 bits per heavy atom. The molecule has 0 spiro atoms. The molecule has 0 N–H and O–H groups in total. The fraction of sp³-hybridized carbons (Fsp3) is 0.280. The molecule has 0 atom stereocenters. The summed E-state index contributed by atoms with van der Waals surface area (Å²) < 4.78 is 0. The Labute approximate surface area is 153 Å². The molecular formula is C25H26. The van der Waals surface area contributed by atoms with Crippen molar-refractivity contribution < 1.29 is 0 Å². The highest BCUT2D eigenvalue weighted by molar-refractivity contribution is 5.42. The molecule has 0 aliphatic rings. The summed E-state index contributed by atoms with van der Waals surface area (Å²) in [5, 5.41) is 0. The summed E-state index contributed by atoms with van der Waals surface area (Å²) in [5.41, 5.74) is 4.85. The second-order valence-corrected chi connectivity index (χ2v) is 6.12. The first-order valence-corrected chi connectivity index (χ1v) is 9.17. The molecule has 2 aromatic carbocycles. The zero-order valence-electron chi connectivity index (χ0n) is 15.3. The zero-order chi connectivity index (χ0) is 17.7. The van der Waals surface area contributed by atoms with Crippen LogP contribution in [0.4, 0.5) is 0 Å². The van der Waals surface area contributed by atoms with Crippen LogP contribution in [-0.4, -0.2) is 0 Å². The van der Waals surface area contributed by atoms with Crippen molar-refractivity contribution in [3.05, 3.63) is 82.9 Å². The summed E-state index contributed by atoms with van der Waals surface area (Å²) in [4.78, 5) is 0. The van der Waals surface area contributed by atoms with Gasteiger partial charge in [0.15, 0.2) is 0 Å². The second-order valence-electron chi connectivity index (χ2n) is 6.12. The standard InChI is InChI=1S/C25H26/c1-3-5-11-23-18-20-25(21-19-23)13-9-7-6-8-12-24-16-14-22(10-4-2)15-17-24/h6-7,14-21H,3-5,10-11H2,1-2H3. The molecule has 25 heavy (non-hydrogen) atoms. The number of rotatable bonds is 5. The lowest BCUT2D eigenvalue weighted by atomic mass is 10.1. The van der Waals surface area contributed by atoms with Crippen LogP contribution in [0.15, 0.2) is 60.7 Å². The van der Waals surface area contributed by atoms with Gasteiger partial charge in [0.05, 0.1) is 0 Å². The maximum atomic E-state index is 3.14. The first-order chi connectivity index (χ1) is 12.3. The van der Waals surface area contributed by atoms with E-state index < -0.39 is 0 Å². The molecule has 0 nitrogen and oxygen atoms in total. The average Bonchev–Trinajstić information content (AvgIpc) is 2.65. The van der Waals surface area contributed by atoms with Gasteiger partial charge in [-0.1, -0.05) is 74.6 Å². The van der Waals surface area contributed by atoms with E-state index in [0.717, 1.165) is 24.0 Å². The van der Waals surface area contributed by atoms with Gasteiger partial charge in [-0.15, -0.1) is 0 Å². The van der Waals surface area contributed by atoms with Gasteiger partial charge in [-0.05, 0) is 66.8 Å². The van der Waals surface area contributed by atoms with Gasteiger partial charge in [-0.2, -0.15) is 0 Å². The first-order valence-electron chi connectivity index (χ1n) is 9.17. The van der Waals surface area contributed by atoms with Gasteiger partial charge in [0.2, 0.25) is 0 Å². The van der Waals surface area contributed by atoms with Crippen molar-refractivity contribution in [2.45, 2.75) is 46.0 Å². The molecule has 0 fully saturated rings. The van der Waals surface area contributed by atoms with E-state index in [9.17, 15) is 0 Å². The fourth-order valence-electron chi connectivity index (χ4n) is 2.51. The quantitative estimate of drug-likeness (QED) is 0.596. The number of aryl methyl sites for hydroxylation is 2. The van der Waals surface area contributed by atoms with Crippen LogP contribution in [0.3, 0.4) is 0 Å². The largest absolute Gasteiger partial charge is 0.0689 e. The number of allylic oxidation sites excluding steroid dienone is 2. The molecule has 2 rings (SSSR count). The van der Waals surface area contributed by atoms with Crippen LogP contribution in [0.2, 0.25) is 0 Å². The van der Waals surface area contributed by atoms with Gasteiger partial charge in [0.1, 0.15) is 0 Å². The van der Waals surface area contributed by atoms with Crippen molar-refractivity contribution in [1.29, 1.82) is 0 Å². The average molecular weight is 326 g/mol. The van der Waals surface area contributed by atoms with E-state index in [2.05, 4.69) is 86.1 Å². The van der Waals surface area contributed by atoms with E-state index in [-0.39, 0.29) is 0 Å². The molecule has 0 saturated heterocycles. The van der Waals surface area contributed by atoms with Crippen LogP contribution in [0.25, 0.3) is 0 Å².